The third-order valence-electron chi connectivity index (χ3n) is 3.93. The molecule has 0 heterocycles. The lowest BCUT2D eigenvalue weighted by Crippen LogP contribution is -2.17. The van der Waals surface area contributed by atoms with Crippen molar-refractivity contribution in [3.8, 4) is 11.5 Å². The van der Waals surface area contributed by atoms with Crippen molar-refractivity contribution in [3.05, 3.63) is 58.6 Å². The van der Waals surface area contributed by atoms with Gasteiger partial charge >= 0.3 is 0 Å². The van der Waals surface area contributed by atoms with E-state index in [-0.39, 0.29) is 6.10 Å². The number of benzene rings is 2. The quantitative estimate of drug-likeness (QED) is 0.503. The first kappa shape index (κ1) is 21.5. The second-order valence-electron chi connectivity index (χ2n) is 6.54. The molecule has 148 valence electrons. The van der Waals surface area contributed by atoms with E-state index in [0.717, 1.165) is 48.7 Å². The van der Waals surface area contributed by atoms with Crippen LogP contribution in [0, 0.1) is 0 Å². The van der Waals surface area contributed by atoms with Crippen LogP contribution in [0.3, 0.4) is 0 Å². The van der Waals surface area contributed by atoms with E-state index in [1.165, 1.54) is 0 Å². The Balaban J connectivity index is 1.88. The van der Waals surface area contributed by atoms with Gasteiger partial charge in [0.2, 0.25) is 0 Å². The maximum atomic E-state index is 6.20. The molecule has 0 unspecified atom stereocenters. The van der Waals surface area contributed by atoms with E-state index in [9.17, 15) is 0 Å². The molecule has 0 saturated heterocycles. The molecule has 5 heteroatoms. The summed E-state index contributed by atoms with van der Waals surface area (Å²) < 4.78 is 17.3. The average Bonchev–Trinajstić information content (AvgIpc) is 2.65. The SMILES string of the molecule is CCOc1cc(CNCCCOC(C)C)ccc1OCc1ccccc1Cl. The normalized spacial score (nSPS) is 11.0. The smallest absolute Gasteiger partial charge is 0.161 e. The summed E-state index contributed by atoms with van der Waals surface area (Å²) in [6.45, 7) is 9.56. The molecule has 2 aromatic rings. The maximum Gasteiger partial charge on any atom is 0.161 e. The van der Waals surface area contributed by atoms with Crippen LogP contribution in [-0.2, 0) is 17.9 Å². The summed E-state index contributed by atoms with van der Waals surface area (Å²) in [5, 5.41) is 4.14. The van der Waals surface area contributed by atoms with Crippen LogP contribution in [0.15, 0.2) is 42.5 Å². The van der Waals surface area contributed by atoms with E-state index < -0.39 is 0 Å². The lowest BCUT2D eigenvalue weighted by molar-refractivity contribution is 0.0770. The molecule has 0 aliphatic rings. The molecule has 0 atom stereocenters. The summed E-state index contributed by atoms with van der Waals surface area (Å²) in [7, 11) is 0. The summed E-state index contributed by atoms with van der Waals surface area (Å²) in [6.07, 6.45) is 1.28. The molecule has 0 aliphatic heterocycles. The molecule has 0 aliphatic carbocycles. The molecular formula is C22H30ClNO3. The third-order valence-corrected chi connectivity index (χ3v) is 4.30. The molecular weight excluding hydrogens is 362 g/mol. The van der Waals surface area contributed by atoms with E-state index in [1.54, 1.807) is 0 Å². The van der Waals surface area contributed by atoms with Crippen LogP contribution in [0.4, 0.5) is 0 Å². The first-order valence-electron chi connectivity index (χ1n) is 9.54. The van der Waals surface area contributed by atoms with Gasteiger partial charge in [0.15, 0.2) is 11.5 Å². The monoisotopic (exact) mass is 391 g/mol. The molecule has 2 rings (SSSR count). The highest BCUT2D eigenvalue weighted by Gasteiger charge is 2.08. The van der Waals surface area contributed by atoms with E-state index in [2.05, 4.69) is 25.2 Å². The van der Waals surface area contributed by atoms with Gasteiger partial charge in [0.25, 0.3) is 0 Å². The fourth-order valence-electron chi connectivity index (χ4n) is 2.57. The first-order chi connectivity index (χ1) is 13.1. The Morgan fingerprint density at radius 2 is 1.85 bits per heavy atom. The summed E-state index contributed by atoms with van der Waals surface area (Å²) in [4.78, 5) is 0. The van der Waals surface area contributed by atoms with Gasteiger partial charge in [-0.2, -0.15) is 0 Å². The van der Waals surface area contributed by atoms with E-state index in [1.807, 2.05) is 43.3 Å². The Labute approximate surface area is 167 Å². The zero-order valence-electron chi connectivity index (χ0n) is 16.5. The van der Waals surface area contributed by atoms with Crippen LogP contribution in [0.25, 0.3) is 0 Å². The number of nitrogens with one attached hydrogen (secondary N) is 1. The number of halogens is 1. The van der Waals surface area contributed by atoms with E-state index in [4.69, 9.17) is 25.8 Å². The molecule has 0 amide bonds. The Morgan fingerprint density at radius 3 is 2.59 bits per heavy atom. The molecule has 0 fully saturated rings. The van der Waals surface area contributed by atoms with Gasteiger partial charge < -0.3 is 19.5 Å². The average molecular weight is 392 g/mol. The molecule has 4 nitrogen and oxygen atoms in total. The van der Waals surface area contributed by atoms with Gasteiger partial charge in [-0.25, -0.2) is 0 Å². The van der Waals surface area contributed by atoms with Gasteiger partial charge in [0.05, 0.1) is 12.7 Å². The Kier molecular flexibility index (Phi) is 9.46. The lowest BCUT2D eigenvalue weighted by Gasteiger charge is -2.14. The summed E-state index contributed by atoms with van der Waals surface area (Å²) in [6, 6.07) is 13.7. The lowest BCUT2D eigenvalue weighted by atomic mass is 10.2. The Morgan fingerprint density at radius 1 is 1.04 bits per heavy atom. The highest BCUT2D eigenvalue weighted by molar-refractivity contribution is 6.31. The molecule has 0 bridgehead atoms. The predicted octanol–water partition coefficient (Wildman–Crippen LogP) is 5.22. The molecule has 0 saturated carbocycles. The van der Waals surface area contributed by atoms with E-state index >= 15 is 0 Å². The van der Waals surface area contributed by atoms with Crippen molar-refractivity contribution in [2.45, 2.75) is 46.4 Å². The van der Waals surface area contributed by atoms with Crippen molar-refractivity contribution >= 4 is 11.6 Å². The second-order valence-corrected chi connectivity index (χ2v) is 6.95. The molecule has 2 aromatic carbocycles. The van der Waals surface area contributed by atoms with Crippen molar-refractivity contribution < 1.29 is 14.2 Å². The first-order valence-corrected chi connectivity index (χ1v) is 9.92. The summed E-state index contributed by atoms with van der Waals surface area (Å²) in [5.41, 5.74) is 2.12. The van der Waals surface area contributed by atoms with Gasteiger partial charge in [0, 0.05) is 23.7 Å². The van der Waals surface area contributed by atoms with Gasteiger partial charge in [-0.15, -0.1) is 0 Å². The van der Waals surface area contributed by atoms with Crippen LogP contribution < -0.4 is 14.8 Å². The van der Waals surface area contributed by atoms with Crippen LogP contribution >= 0.6 is 11.6 Å². The van der Waals surface area contributed by atoms with Crippen LogP contribution in [0.5, 0.6) is 11.5 Å². The van der Waals surface area contributed by atoms with Gasteiger partial charge in [-0.05, 0) is 57.5 Å². The fourth-order valence-corrected chi connectivity index (χ4v) is 2.76. The highest BCUT2D eigenvalue weighted by Crippen LogP contribution is 2.30. The van der Waals surface area contributed by atoms with Crippen molar-refractivity contribution in [2.24, 2.45) is 0 Å². The zero-order chi connectivity index (χ0) is 19.5. The fraction of sp³-hybridized carbons (Fsp3) is 0.455. The minimum absolute atomic E-state index is 0.289. The number of hydrogen-bond acceptors (Lipinski definition) is 4. The van der Waals surface area contributed by atoms with Gasteiger partial charge in [-0.1, -0.05) is 35.9 Å². The molecule has 27 heavy (non-hydrogen) atoms. The van der Waals surface area contributed by atoms with Crippen molar-refractivity contribution in [2.75, 3.05) is 19.8 Å². The summed E-state index contributed by atoms with van der Waals surface area (Å²) >= 11 is 6.20. The van der Waals surface area contributed by atoms with Crippen LogP contribution in [0.1, 0.15) is 38.3 Å². The molecule has 0 aromatic heterocycles. The third kappa shape index (κ3) is 7.79. The predicted molar refractivity (Wildman–Crippen MR) is 111 cm³/mol. The van der Waals surface area contributed by atoms with Gasteiger partial charge in [0.1, 0.15) is 6.61 Å². The minimum atomic E-state index is 0.289. The van der Waals surface area contributed by atoms with Gasteiger partial charge in [-0.3, -0.25) is 0 Å². The minimum Gasteiger partial charge on any atom is -0.490 e. The number of ether oxygens (including phenoxy) is 3. The van der Waals surface area contributed by atoms with Crippen molar-refractivity contribution in [1.82, 2.24) is 5.32 Å². The highest BCUT2D eigenvalue weighted by atomic mass is 35.5. The number of hydrogen-bond donors (Lipinski definition) is 1. The van der Waals surface area contributed by atoms with Crippen LogP contribution in [0.2, 0.25) is 5.02 Å². The number of rotatable bonds is 12. The second kappa shape index (κ2) is 11.9. The standard InChI is InChI=1S/C22H30ClNO3/c1-4-25-22-14-18(15-24-12-7-13-26-17(2)3)10-11-21(22)27-16-19-8-5-6-9-20(19)23/h5-6,8-11,14,17,24H,4,7,12-13,15-16H2,1-3H3. The molecule has 0 spiro atoms. The maximum absolute atomic E-state index is 6.20. The largest absolute Gasteiger partial charge is 0.490 e. The van der Waals surface area contributed by atoms with E-state index in [0.29, 0.717) is 18.2 Å². The topological polar surface area (TPSA) is 39.7 Å². The van der Waals surface area contributed by atoms with Crippen LogP contribution in [-0.4, -0.2) is 25.9 Å². The summed E-state index contributed by atoms with van der Waals surface area (Å²) in [5.74, 6) is 1.48. The van der Waals surface area contributed by atoms with Crippen molar-refractivity contribution in [3.63, 3.8) is 0 Å². The van der Waals surface area contributed by atoms with Crippen molar-refractivity contribution in [1.29, 1.82) is 0 Å². The molecule has 0 radical (unpaired) electrons. The Hall–Kier alpha value is -1.75. The zero-order valence-corrected chi connectivity index (χ0v) is 17.2. The molecule has 1 N–H and O–H groups in total. The Bertz CT molecular complexity index is 691.